The Bertz CT molecular complexity index is 455. The molecule has 0 aromatic heterocycles. The molecule has 7 heteroatoms. The van der Waals surface area contributed by atoms with E-state index in [2.05, 4.69) is 19.1 Å². The maximum Gasteiger partial charge on any atom is 0.387 e. The van der Waals surface area contributed by atoms with E-state index >= 15 is 0 Å². The number of ether oxygens (including phenoxy) is 1. The fraction of sp³-hybridized carbons (Fsp3) is 0.842. The van der Waals surface area contributed by atoms with Gasteiger partial charge in [-0.15, -0.1) is 0 Å². The van der Waals surface area contributed by atoms with Crippen LogP contribution in [0.4, 0.5) is 0 Å². The first kappa shape index (κ1) is 23.7. The summed E-state index contributed by atoms with van der Waals surface area (Å²) in [5.74, 6) is 0.151. The maximum atomic E-state index is 11.6. The summed E-state index contributed by atoms with van der Waals surface area (Å²) < 4.78 is 21.2. The van der Waals surface area contributed by atoms with Crippen LogP contribution in [-0.2, 0) is 18.6 Å². The summed E-state index contributed by atoms with van der Waals surface area (Å²) >= 11 is 0.890. The third kappa shape index (κ3) is 13.0. The number of esters is 1. The fourth-order valence-electron chi connectivity index (χ4n) is 2.75. The molecule has 1 fully saturated rings. The second-order valence-corrected chi connectivity index (χ2v) is 10.7. The predicted molar refractivity (Wildman–Crippen MR) is 108 cm³/mol. The molecule has 1 N–H and O–H groups in total. The van der Waals surface area contributed by atoms with Crippen LogP contribution in [0.2, 0.25) is 0 Å². The Balaban J connectivity index is 1.84. The highest BCUT2D eigenvalue weighted by atomic mass is 32.7. The lowest BCUT2D eigenvalue weighted by atomic mass is 10.1. The van der Waals surface area contributed by atoms with E-state index in [1.165, 1.54) is 44.9 Å². The van der Waals surface area contributed by atoms with Crippen molar-refractivity contribution in [3.63, 3.8) is 0 Å². The van der Waals surface area contributed by atoms with Gasteiger partial charge in [-0.05, 0) is 43.5 Å². The molecule has 0 saturated carbocycles. The van der Waals surface area contributed by atoms with Crippen LogP contribution in [0.3, 0.4) is 0 Å². The van der Waals surface area contributed by atoms with E-state index in [1.807, 2.05) is 0 Å². The summed E-state index contributed by atoms with van der Waals surface area (Å²) in [7, 11) is 0. The van der Waals surface area contributed by atoms with Crippen molar-refractivity contribution < 1.29 is 23.5 Å². The van der Waals surface area contributed by atoms with E-state index in [-0.39, 0.29) is 12.6 Å². The van der Waals surface area contributed by atoms with Gasteiger partial charge < -0.3 is 9.63 Å². The standard InChI is InChI=1S/C19H35O5PS/c1-2-3-4-5-6-7-8-9-10-11-12-13-14-15-19(20)23-16-18-17-26-25(21,22)24-18/h7-8,18H,2-6,9-17H2,1H3,(H,21,22)/b8-7-/t18-/m0/s1. The van der Waals surface area contributed by atoms with Gasteiger partial charge in [-0.1, -0.05) is 57.6 Å². The first-order valence-corrected chi connectivity index (χ1v) is 13.2. The van der Waals surface area contributed by atoms with Crippen molar-refractivity contribution in [1.29, 1.82) is 0 Å². The van der Waals surface area contributed by atoms with Crippen molar-refractivity contribution in [2.45, 2.75) is 90.1 Å². The lowest BCUT2D eigenvalue weighted by Gasteiger charge is -2.09. The van der Waals surface area contributed by atoms with Gasteiger partial charge in [-0.25, -0.2) is 4.57 Å². The molecule has 0 aromatic rings. The molecule has 0 aromatic carbocycles. The molecule has 1 unspecified atom stereocenters. The van der Waals surface area contributed by atoms with Crippen molar-refractivity contribution in [3.05, 3.63) is 12.2 Å². The third-order valence-electron chi connectivity index (χ3n) is 4.28. The van der Waals surface area contributed by atoms with Crippen molar-refractivity contribution in [1.82, 2.24) is 0 Å². The van der Waals surface area contributed by atoms with Gasteiger partial charge in [-0.2, -0.15) is 0 Å². The van der Waals surface area contributed by atoms with Gasteiger partial charge in [-0.3, -0.25) is 9.32 Å². The van der Waals surface area contributed by atoms with Gasteiger partial charge >= 0.3 is 12.8 Å². The quantitative estimate of drug-likeness (QED) is 0.155. The van der Waals surface area contributed by atoms with Gasteiger partial charge in [0, 0.05) is 12.2 Å². The number of unbranched alkanes of at least 4 members (excludes halogenated alkanes) is 9. The van der Waals surface area contributed by atoms with Gasteiger partial charge in [0.05, 0.1) is 0 Å². The van der Waals surface area contributed by atoms with Gasteiger partial charge in [0.2, 0.25) is 0 Å². The Morgan fingerprint density at radius 2 is 1.73 bits per heavy atom. The summed E-state index contributed by atoms with van der Waals surface area (Å²) in [6.07, 6.45) is 17.7. The second kappa shape index (κ2) is 14.7. The minimum atomic E-state index is -3.49. The van der Waals surface area contributed by atoms with Crippen LogP contribution in [0.15, 0.2) is 12.2 Å². The lowest BCUT2D eigenvalue weighted by molar-refractivity contribution is -0.145. The number of rotatable bonds is 15. The highest BCUT2D eigenvalue weighted by Gasteiger charge is 2.35. The largest absolute Gasteiger partial charge is 0.463 e. The smallest absolute Gasteiger partial charge is 0.387 e. The molecule has 0 aliphatic carbocycles. The van der Waals surface area contributed by atoms with Crippen molar-refractivity contribution >= 4 is 24.1 Å². The average Bonchev–Trinajstić information content (AvgIpc) is 2.96. The summed E-state index contributed by atoms with van der Waals surface area (Å²) in [6, 6.07) is 0. The Morgan fingerprint density at radius 1 is 1.12 bits per heavy atom. The molecule has 1 rings (SSSR count). The average molecular weight is 407 g/mol. The zero-order valence-corrected chi connectivity index (χ0v) is 17.8. The summed E-state index contributed by atoms with van der Waals surface area (Å²) in [6.45, 7) is -1.18. The number of hydrogen-bond donors (Lipinski definition) is 1. The predicted octanol–water partition coefficient (Wildman–Crippen LogP) is 6.02. The number of carbonyl (C=O) groups excluding carboxylic acids is 1. The summed E-state index contributed by atoms with van der Waals surface area (Å²) in [5, 5.41) is 0. The first-order valence-electron chi connectivity index (χ1n) is 10.00. The minimum absolute atomic E-state index is 0.0706. The van der Waals surface area contributed by atoms with Crippen molar-refractivity contribution in [3.8, 4) is 0 Å². The third-order valence-corrected chi connectivity index (χ3v) is 7.37. The Kier molecular flexibility index (Phi) is 13.5. The first-order chi connectivity index (χ1) is 12.5. The molecule has 26 heavy (non-hydrogen) atoms. The van der Waals surface area contributed by atoms with Crippen LogP contribution in [0, 0.1) is 0 Å². The van der Waals surface area contributed by atoms with Crippen molar-refractivity contribution in [2.75, 3.05) is 12.4 Å². The summed E-state index contributed by atoms with van der Waals surface area (Å²) in [4.78, 5) is 20.9. The molecule has 1 aliphatic rings. The van der Waals surface area contributed by atoms with E-state index < -0.39 is 12.9 Å². The lowest BCUT2D eigenvalue weighted by Crippen LogP contribution is -2.19. The zero-order valence-electron chi connectivity index (χ0n) is 16.1. The summed E-state index contributed by atoms with van der Waals surface area (Å²) in [5.41, 5.74) is 0. The van der Waals surface area contributed by atoms with E-state index in [0.717, 1.165) is 37.1 Å². The van der Waals surface area contributed by atoms with E-state index in [0.29, 0.717) is 12.2 Å². The molecule has 5 nitrogen and oxygen atoms in total. The molecular weight excluding hydrogens is 371 g/mol. The fourth-order valence-corrected chi connectivity index (χ4v) is 5.55. The van der Waals surface area contributed by atoms with Crippen LogP contribution in [0.5, 0.6) is 0 Å². The zero-order chi connectivity index (χ0) is 19.1. The molecule has 1 saturated heterocycles. The maximum absolute atomic E-state index is 11.6. The molecule has 1 aliphatic heterocycles. The topological polar surface area (TPSA) is 72.8 Å². The normalized spacial score (nSPS) is 22.9. The SMILES string of the molecule is CCCCCC/C=C\CCCCCCCC(=O)OC[C@H]1CSP(=O)(O)O1. The Labute approximate surface area is 162 Å². The number of allylic oxidation sites excluding steroid dienone is 2. The Morgan fingerprint density at radius 3 is 2.35 bits per heavy atom. The molecular formula is C19H35O5PS. The van der Waals surface area contributed by atoms with Crippen LogP contribution in [0.1, 0.15) is 84.0 Å². The van der Waals surface area contributed by atoms with Crippen LogP contribution >= 0.6 is 18.2 Å². The molecule has 0 radical (unpaired) electrons. The van der Waals surface area contributed by atoms with E-state index in [4.69, 9.17) is 9.26 Å². The van der Waals surface area contributed by atoms with Crippen LogP contribution in [-0.4, -0.2) is 29.3 Å². The van der Waals surface area contributed by atoms with E-state index in [9.17, 15) is 14.3 Å². The Hall–Kier alpha value is -0.290. The second-order valence-electron chi connectivity index (χ2n) is 6.80. The van der Waals surface area contributed by atoms with E-state index in [1.54, 1.807) is 0 Å². The minimum Gasteiger partial charge on any atom is -0.463 e. The molecule has 1 heterocycles. The van der Waals surface area contributed by atoms with Gasteiger partial charge in [0.25, 0.3) is 0 Å². The molecule has 0 amide bonds. The molecule has 0 spiro atoms. The molecule has 2 atom stereocenters. The monoisotopic (exact) mass is 406 g/mol. The highest BCUT2D eigenvalue weighted by molar-refractivity contribution is 8.55. The van der Waals surface area contributed by atoms with Crippen LogP contribution < -0.4 is 0 Å². The number of hydrogen-bond acceptors (Lipinski definition) is 5. The molecule has 0 bridgehead atoms. The molecule has 152 valence electrons. The highest BCUT2D eigenvalue weighted by Crippen LogP contribution is 2.61. The number of carbonyl (C=O) groups is 1. The van der Waals surface area contributed by atoms with Crippen molar-refractivity contribution in [2.24, 2.45) is 0 Å². The van der Waals surface area contributed by atoms with Gasteiger partial charge in [0.15, 0.2) is 0 Å². The van der Waals surface area contributed by atoms with Crippen LogP contribution in [0.25, 0.3) is 0 Å². The van der Waals surface area contributed by atoms with Gasteiger partial charge in [0.1, 0.15) is 12.7 Å².